The van der Waals surface area contributed by atoms with Gasteiger partial charge in [0.05, 0.1) is 17.4 Å². The number of hydrogen-bond donors (Lipinski definition) is 2. The Kier molecular flexibility index (Phi) is 7.20. The third kappa shape index (κ3) is 5.75. The maximum Gasteiger partial charge on any atom is 0.242 e. The minimum Gasteiger partial charge on any atom is -0.350 e. The third-order valence-corrected chi connectivity index (χ3v) is 6.31. The summed E-state index contributed by atoms with van der Waals surface area (Å²) in [6, 6.07) is 15.7. The summed E-state index contributed by atoms with van der Waals surface area (Å²) in [5.41, 5.74) is 4.26. The number of nitrogens with zero attached hydrogens (tertiary/aromatic N) is 2. The maximum absolute atomic E-state index is 12.5. The Bertz CT molecular complexity index is 1070. The molecule has 6 heteroatoms. The van der Waals surface area contributed by atoms with Crippen LogP contribution in [-0.4, -0.2) is 27.4 Å². The summed E-state index contributed by atoms with van der Waals surface area (Å²) in [4.78, 5) is 29.2. The first-order valence-corrected chi connectivity index (χ1v) is 11.6. The molecular weight excluding hydrogens is 400 g/mol. The zero-order valence-electron chi connectivity index (χ0n) is 18.7. The van der Waals surface area contributed by atoms with E-state index >= 15 is 0 Å². The lowest BCUT2D eigenvalue weighted by Crippen LogP contribution is -2.45. The molecule has 1 aliphatic rings. The van der Waals surface area contributed by atoms with Crippen molar-refractivity contribution in [1.29, 1.82) is 0 Å². The molecule has 1 aliphatic carbocycles. The summed E-state index contributed by atoms with van der Waals surface area (Å²) in [6.07, 6.45) is 8.34. The summed E-state index contributed by atoms with van der Waals surface area (Å²) in [6.45, 7) is 2.89. The number of aromatic nitrogens is 2. The van der Waals surface area contributed by atoms with E-state index in [0.717, 1.165) is 41.5 Å². The van der Waals surface area contributed by atoms with Crippen LogP contribution in [0.1, 0.15) is 56.6 Å². The first kappa shape index (κ1) is 22.1. The number of para-hydroxylation sites is 2. The molecule has 1 heterocycles. The molecule has 1 saturated carbocycles. The van der Waals surface area contributed by atoms with Crippen molar-refractivity contribution < 1.29 is 9.59 Å². The van der Waals surface area contributed by atoms with Crippen molar-refractivity contribution in [1.82, 2.24) is 20.2 Å². The van der Waals surface area contributed by atoms with E-state index < -0.39 is 6.04 Å². The molecule has 1 fully saturated rings. The van der Waals surface area contributed by atoms with E-state index in [4.69, 9.17) is 0 Å². The van der Waals surface area contributed by atoms with Gasteiger partial charge in [0.25, 0.3) is 0 Å². The highest BCUT2D eigenvalue weighted by atomic mass is 16.2. The van der Waals surface area contributed by atoms with Crippen molar-refractivity contribution in [2.75, 3.05) is 0 Å². The zero-order valence-corrected chi connectivity index (χ0v) is 18.7. The van der Waals surface area contributed by atoms with E-state index in [-0.39, 0.29) is 11.8 Å². The van der Waals surface area contributed by atoms with Gasteiger partial charge >= 0.3 is 0 Å². The van der Waals surface area contributed by atoms with Crippen molar-refractivity contribution in [3.8, 4) is 0 Å². The smallest absolute Gasteiger partial charge is 0.242 e. The van der Waals surface area contributed by atoms with E-state index in [1.165, 1.54) is 19.3 Å². The highest BCUT2D eigenvalue weighted by Crippen LogP contribution is 2.26. The van der Waals surface area contributed by atoms with Gasteiger partial charge in [-0.15, -0.1) is 0 Å². The predicted octanol–water partition coefficient (Wildman–Crippen LogP) is 4.18. The number of imidazole rings is 1. The fourth-order valence-corrected chi connectivity index (χ4v) is 4.53. The molecule has 32 heavy (non-hydrogen) atoms. The number of benzene rings is 2. The Hall–Kier alpha value is -3.15. The fourth-order valence-electron chi connectivity index (χ4n) is 4.53. The second kappa shape index (κ2) is 10.4. The van der Waals surface area contributed by atoms with Gasteiger partial charge in [0.1, 0.15) is 6.04 Å². The summed E-state index contributed by atoms with van der Waals surface area (Å²) < 4.78 is 2.12. The van der Waals surface area contributed by atoms with Gasteiger partial charge in [-0.05, 0) is 48.9 Å². The summed E-state index contributed by atoms with van der Waals surface area (Å²) in [5, 5.41) is 5.81. The lowest BCUT2D eigenvalue weighted by molar-refractivity contribution is -0.129. The van der Waals surface area contributed by atoms with Crippen molar-refractivity contribution in [2.45, 2.75) is 64.6 Å². The molecule has 0 radical (unpaired) electrons. The van der Waals surface area contributed by atoms with Gasteiger partial charge in [0.15, 0.2) is 0 Å². The van der Waals surface area contributed by atoms with Gasteiger partial charge in [0, 0.05) is 19.5 Å². The van der Waals surface area contributed by atoms with Gasteiger partial charge in [-0.25, -0.2) is 4.98 Å². The normalized spacial score (nSPS) is 15.4. The molecule has 1 unspecified atom stereocenters. The first-order valence-electron chi connectivity index (χ1n) is 11.6. The molecule has 1 atom stereocenters. The van der Waals surface area contributed by atoms with Gasteiger partial charge in [-0.3, -0.25) is 9.59 Å². The number of carbonyl (C=O) groups is 2. The summed E-state index contributed by atoms with van der Waals surface area (Å²) >= 11 is 0. The van der Waals surface area contributed by atoms with Crippen molar-refractivity contribution in [3.05, 3.63) is 66.0 Å². The van der Waals surface area contributed by atoms with Crippen LogP contribution in [0.4, 0.5) is 0 Å². The topological polar surface area (TPSA) is 76.0 Å². The van der Waals surface area contributed by atoms with Crippen LogP contribution in [0.15, 0.2) is 54.9 Å². The molecule has 3 aromatic rings. The van der Waals surface area contributed by atoms with E-state index in [1.807, 2.05) is 36.7 Å². The average Bonchev–Trinajstić information content (AvgIpc) is 3.21. The van der Waals surface area contributed by atoms with E-state index in [1.54, 1.807) is 6.92 Å². The van der Waals surface area contributed by atoms with Gasteiger partial charge < -0.3 is 15.2 Å². The van der Waals surface area contributed by atoms with E-state index in [2.05, 4.69) is 38.4 Å². The van der Waals surface area contributed by atoms with Crippen molar-refractivity contribution in [2.24, 2.45) is 5.92 Å². The van der Waals surface area contributed by atoms with Crippen LogP contribution in [-0.2, 0) is 22.7 Å². The minimum absolute atomic E-state index is 0.0193. The molecule has 0 spiro atoms. The molecule has 0 saturated heterocycles. The Morgan fingerprint density at radius 1 is 1.06 bits per heavy atom. The second-order valence-corrected chi connectivity index (χ2v) is 8.90. The lowest BCUT2D eigenvalue weighted by atomic mass is 9.87. The molecule has 0 aliphatic heterocycles. The third-order valence-electron chi connectivity index (χ3n) is 6.31. The van der Waals surface area contributed by atoms with Gasteiger partial charge in [-0.1, -0.05) is 55.7 Å². The molecule has 1 aromatic heterocycles. The molecule has 6 nitrogen and oxygen atoms in total. The molecule has 4 rings (SSSR count). The number of rotatable bonds is 8. The van der Waals surface area contributed by atoms with Crippen LogP contribution >= 0.6 is 0 Å². The number of carbonyl (C=O) groups excluding carboxylic acids is 2. The maximum atomic E-state index is 12.5. The van der Waals surface area contributed by atoms with Crippen LogP contribution in [0.3, 0.4) is 0 Å². The van der Waals surface area contributed by atoms with E-state index in [9.17, 15) is 9.59 Å². The standard InChI is InChI=1S/C26H32N4O2/c1-19(29-25(31)15-20-8-3-2-4-9-20)26(32)27-16-21-10-7-11-22(14-21)17-30-18-28-23-12-5-6-13-24(23)30/h5-7,10-14,18-20H,2-4,8-9,15-17H2,1H3,(H,27,32)(H,29,31). The largest absolute Gasteiger partial charge is 0.350 e. The zero-order chi connectivity index (χ0) is 22.3. The van der Waals surface area contributed by atoms with Crippen LogP contribution in [0, 0.1) is 5.92 Å². The van der Waals surface area contributed by atoms with Crippen LogP contribution in [0.5, 0.6) is 0 Å². The minimum atomic E-state index is -0.536. The average molecular weight is 433 g/mol. The summed E-state index contributed by atoms with van der Waals surface area (Å²) in [7, 11) is 0. The fraction of sp³-hybridized carbons (Fsp3) is 0.423. The Morgan fingerprint density at radius 3 is 2.69 bits per heavy atom. The van der Waals surface area contributed by atoms with Crippen molar-refractivity contribution in [3.63, 3.8) is 0 Å². The number of hydrogen-bond acceptors (Lipinski definition) is 3. The molecule has 2 aromatic carbocycles. The van der Waals surface area contributed by atoms with Crippen molar-refractivity contribution >= 4 is 22.8 Å². The first-order chi connectivity index (χ1) is 15.6. The Balaban J connectivity index is 1.27. The quantitative estimate of drug-likeness (QED) is 0.561. The van der Waals surface area contributed by atoms with Gasteiger partial charge in [0.2, 0.25) is 11.8 Å². The number of fused-ring (bicyclic) bond motifs is 1. The molecule has 2 amide bonds. The number of amides is 2. The van der Waals surface area contributed by atoms with Gasteiger partial charge in [-0.2, -0.15) is 0 Å². The summed E-state index contributed by atoms with van der Waals surface area (Å²) in [5.74, 6) is 0.288. The van der Waals surface area contributed by atoms with Crippen LogP contribution in [0.25, 0.3) is 11.0 Å². The van der Waals surface area contributed by atoms with Crippen LogP contribution in [0.2, 0.25) is 0 Å². The number of nitrogens with one attached hydrogen (secondary N) is 2. The molecule has 2 N–H and O–H groups in total. The molecular formula is C26H32N4O2. The Morgan fingerprint density at radius 2 is 1.84 bits per heavy atom. The highest BCUT2D eigenvalue weighted by Gasteiger charge is 2.20. The highest BCUT2D eigenvalue weighted by molar-refractivity contribution is 5.87. The lowest BCUT2D eigenvalue weighted by Gasteiger charge is -2.22. The van der Waals surface area contributed by atoms with E-state index in [0.29, 0.717) is 18.9 Å². The molecule has 0 bridgehead atoms. The predicted molar refractivity (Wildman–Crippen MR) is 126 cm³/mol. The van der Waals surface area contributed by atoms with Crippen LogP contribution < -0.4 is 10.6 Å². The monoisotopic (exact) mass is 432 g/mol. The SMILES string of the molecule is CC(NC(=O)CC1CCCCC1)C(=O)NCc1cccc(Cn2cnc3ccccc32)c1. The Labute approximate surface area is 189 Å². The molecule has 168 valence electrons. The second-order valence-electron chi connectivity index (χ2n) is 8.90.